The molecule has 1 heterocycles. The molecule has 1 atom stereocenters. The maximum atomic E-state index is 11.9. The monoisotopic (exact) mass is 298 g/mol. The van der Waals surface area contributed by atoms with Gasteiger partial charge in [-0.05, 0) is 24.6 Å². The predicted molar refractivity (Wildman–Crippen MR) is 87.5 cm³/mol. The second-order valence-electron chi connectivity index (χ2n) is 5.37. The van der Waals surface area contributed by atoms with E-state index in [1.165, 1.54) is 11.1 Å². The van der Waals surface area contributed by atoms with Gasteiger partial charge in [-0.25, -0.2) is 0 Å². The van der Waals surface area contributed by atoms with Gasteiger partial charge in [0.1, 0.15) is 6.04 Å². The Kier molecular flexibility index (Phi) is 3.74. The van der Waals surface area contributed by atoms with Crippen molar-refractivity contribution in [3.05, 3.63) is 59.2 Å². The topological polar surface area (TPSA) is 46.3 Å². The molecule has 0 fully saturated rings. The van der Waals surface area contributed by atoms with Gasteiger partial charge < -0.3 is 10.6 Å². The number of carbonyl (C=O) groups is 1. The summed E-state index contributed by atoms with van der Waals surface area (Å²) in [7, 11) is 1.78. The average molecular weight is 298 g/mol. The number of aryl methyl sites for hydroxylation is 1. The molecule has 1 unspecified atom stereocenters. The van der Waals surface area contributed by atoms with Crippen LogP contribution >= 0.6 is 11.8 Å². The van der Waals surface area contributed by atoms with Crippen molar-refractivity contribution in [2.24, 2.45) is 5.73 Å². The fourth-order valence-electron chi connectivity index (χ4n) is 2.60. The minimum Gasteiger partial charge on any atom is -0.316 e. The zero-order valence-corrected chi connectivity index (χ0v) is 13.0. The predicted octanol–water partition coefficient (Wildman–Crippen LogP) is 3.26. The molecule has 0 aliphatic carbocycles. The third kappa shape index (κ3) is 2.69. The highest BCUT2D eigenvalue weighted by atomic mass is 32.2. The van der Waals surface area contributed by atoms with Gasteiger partial charge >= 0.3 is 0 Å². The van der Waals surface area contributed by atoms with Crippen LogP contribution in [0.4, 0.5) is 5.69 Å². The van der Waals surface area contributed by atoms with Crippen LogP contribution in [0.3, 0.4) is 0 Å². The molecule has 21 heavy (non-hydrogen) atoms. The quantitative estimate of drug-likeness (QED) is 0.885. The number of rotatable bonds is 3. The molecule has 1 aliphatic rings. The number of hydrogen-bond donors (Lipinski definition) is 1. The van der Waals surface area contributed by atoms with Gasteiger partial charge in [-0.1, -0.05) is 35.9 Å². The third-order valence-corrected chi connectivity index (χ3v) is 4.85. The van der Waals surface area contributed by atoms with Crippen LogP contribution in [-0.2, 0) is 10.5 Å². The number of thioether (sulfide) groups is 1. The van der Waals surface area contributed by atoms with Gasteiger partial charge in [0.05, 0.1) is 0 Å². The fraction of sp³-hybridized carbons (Fsp3) is 0.235. The molecule has 0 bridgehead atoms. The van der Waals surface area contributed by atoms with Crippen LogP contribution < -0.4 is 10.6 Å². The number of fused-ring (bicyclic) bond motifs is 1. The van der Waals surface area contributed by atoms with E-state index in [1.807, 2.05) is 12.1 Å². The molecular formula is C17H18N2OS. The summed E-state index contributed by atoms with van der Waals surface area (Å²) in [6.45, 7) is 2.10. The maximum absolute atomic E-state index is 11.9. The second-order valence-corrected chi connectivity index (χ2v) is 6.42. The average Bonchev–Trinajstić information content (AvgIpc) is 2.70. The molecule has 0 aromatic heterocycles. The van der Waals surface area contributed by atoms with Crippen molar-refractivity contribution in [2.45, 2.75) is 23.6 Å². The Morgan fingerprint density at radius 2 is 2.05 bits per heavy atom. The fourth-order valence-corrected chi connectivity index (χ4v) is 3.47. The van der Waals surface area contributed by atoms with Gasteiger partial charge in [0.15, 0.2) is 0 Å². The van der Waals surface area contributed by atoms with E-state index in [0.29, 0.717) is 0 Å². The summed E-state index contributed by atoms with van der Waals surface area (Å²) in [5.41, 5.74) is 10.3. The minimum atomic E-state index is -0.513. The molecule has 1 amide bonds. The number of carbonyl (C=O) groups excluding carboxylic acids is 1. The Morgan fingerprint density at radius 3 is 2.81 bits per heavy atom. The van der Waals surface area contributed by atoms with Crippen LogP contribution in [0.5, 0.6) is 0 Å². The highest BCUT2D eigenvalue weighted by molar-refractivity contribution is 7.98. The number of benzene rings is 2. The number of hydrogen-bond acceptors (Lipinski definition) is 3. The Bertz CT molecular complexity index is 699. The lowest BCUT2D eigenvalue weighted by atomic mass is 10.1. The normalized spacial score (nSPS) is 17.2. The summed E-state index contributed by atoms with van der Waals surface area (Å²) >= 11 is 1.77. The van der Waals surface area contributed by atoms with E-state index in [4.69, 9.17) is 5.73 Å². The van der Waals surface area contributed by atoms with Crippen LogP contribution in [0, 0.1) is 6.92 Å². The molecule has 0 saturated carbocycles. The first-order chi connectivity index (χ1) is 10.1. The van der Waals surface area contributed by atoms with Crippen LogP contribution in [-0.4, -0.2) is 13.0 Å². The van der Waals surface area contributed by atoms with Gasteiger partial charge in [-0.15, -0.1) is 11.8 Å². The molecule has 2 aromatic carbocycles. The first kappa shape index (κ1) is 14.2. The zero-order chi connectivity index (χ0) is 15.0. The Morgan fingerprint density at radius 1 is 1.24 bits per heavy atom. The standard InChI is InChI=1S/C17H18N2OS/c1-11-4-3-5-12(8-11)10-21-13-6-7-14-15(9-13)19(2)17(20)16(14)18/h3-9,16H,10,18H2,1-2H3. The minimum absolute atomic E-state index is 0.0363. The Hall–Kier alpha value is -1.78. The van der Waals surface area contributed by atoms with Gasteiger partial charge in [0, 0.05) is 28.9 Å². The van der Waals surface area contributed by atoms with Crippen LogP contribution in [0.1, 0.15) is 22.7 Å². The number of amides is 1. The van der Waals surface area contributed by atoms with Crippen molar-refractivity contribution in [1.82, 2.24) is 0 Å². The Balaban J connectivity index is 1.78. The van der Waals surface area contributed by atoms with Crippen molar-refractivity contribution in [3.63, 3.8) is 0 Å². The van der Waals surface area contributed by atoms with E-state index < -0.39 is 6.04 Å². The van der Waals surface area contributed by atoms with Gasteiger partial charge in [0.25, 0.3) is 0 Å². The largest absolute Gasteiger partial charge is 0.316 e. The molecule has 0 radical (unpaired) electrons. The number of nitrogens with zero attached hydrogens (tertiary/aromatic N) is 1. The zero-order valence-electron chi connectivity index (χ0n) is 12.2. The molecule has 0 spiro atoms. The summed E-state index contributed by atoms with van der Waals surface area (Å²) in [6.07, 6.45) is 0. The van der Waals surface area contributed by atoms with E-state index in [9.17, 15) is 4.79 Å². The van der Waals surface area contributed by atoms with Crippen LogP contribution in [0.2, 0.25) is 0 Å². The molecule has 2 N–H and O–H groups in total. The summed E-state index contributed by atoms with van der Waals surface area (Å²) in [5, 5.41) is 0. The van der Waals surface area contributed by atoms with Crippen molar-refractivity contribution in [1.29, 1.82) is 0 Å². The lowest BCUT2D eigenvalue weighted by Gasteiger charge is -2.11. The summed E-state index contributed by atoms with van der Waals surface area (Å²) in [5.74, 6) is 0.885. The SMILES string of the molecule is Cc1cccc(CSc2ccc3c(c2)N(C)C(=O)C3N)c1. The van der Waals surface area contributed by atoms with Gasteiger partial charge in [0.2, 0.25) is 5.91 Å². The number of anilines is 1. The number of likely N-dealkylation sites (N-methyl/N-ethyl adjacent to an activating group) is 1. The molecule has 3 rings (SSSR count). The second kappa shape index (κ2) is 5.54. The summed E-state index contributed by atoms with van der Waals surface area (Å²) in [6, 6.07) is 14.1. The molecule has 2 aromatic rings. The van der Waals surface area contributed by atoms with Gasteiger partial charge in [-0.3, -0.25) is 4.79 Å². The molecular weight excluding hydrogens is 280 g/mol. The number of nitrogens with two attached hydrogens (primary N) is 1. The van der Waals surface area contributed by atoms with Crippen molar-refractivity contribution < 1.29 is 4.79 Å². The first-order valence-corrected chi connectivity index (χ1v) is 7.90. The molecule has 108 valence electrons. The highest BCUT2D eigenvalue weighted by Gasteiger charge is 2.32. The van der Waals surface area contributed by atoms with Crippen molar-refractivity contribution >= 4 is 23.4 Å². The van der Waals surface area contributed by atoms with E-state index in [1.54, 1.807) is 23.7 Å². The van der Waals surface area contributed by atoms with E-state index in [0.717, 1.165) is 21.9 Å². The highest BCUT2D eigenvalue weighted by Crippen LogP contribution is 2.37. The molecule has 1 aliphatic heterocycles. The van der Waals surface area contributed by atoms with Crippen molar-refractivity contribution in [3.8, 4) is 0 Å². The van der Waals surface area contributed by atoms with Gasteiger partial charge in [-0.2, -0.15) is 0 Å². The lowest BCUT2D eigenvalue weighted by molar-refractivity contribution is -0.118. The summed E-state index contributed by atoms with van der Waals surface area (Å²) < 4.78 is 0. The summed E-state index contributed by atoms with van der Waals surface area (Å²) in [4.78, 5) is 14.7. The maximum Gasteiger partial charge on any atom is 0.248 e. The van der Waals surface area contributed by atoms with Crippen LogP contribution in [0.15, 0.2) is 47.4 Å². The molecule has 0 saturated heterocycles. The van der Waals surface area contributed by atoms with E-state index in [2.05, 4.69) is 37.3 Å². The third-order valence-electron chi connectivity index (χ3n) is 3.78. The lowest BCUT2D eigenvalue weighted by Crippen LogP contribution is -2.27. The smallest absolute Gasteiger partial charge is 0.248 e. The first-order valence-electron chi connectivity index (χ1n) is 6.91. The molecule has 4 heteroatoms. The molecule has 3 nitrogen and oxygen atoms in total. The van der Waals surface area contributed by atoms with Crippen LogP contribution in [0.25, 0.3) is 0 Å². The van der Waals surface area contributed by atoms with E-state index in [-0.39, 0.29) is 5.91 Å². The van der Waals surface area contributed by atoms with E-state index >= 15 is 0 Å². The van der Waals surface area contributed by atoms with Crippen molar-refractivity contribution in [2.75, 3.05) is 11.9 Å². The Labute approximate surface area is 129 Å².